The summed E-state index contributed by atoms with van der Waals surface area (Å²) in [4.78, 5) is 11.3. The number of rotatable bonds is 7. The van der Waals surface area contributed by atoms with E-state index < -0.39 is 5.82 Å². The highest BCUT2D eigenvalue weighted by atomic mass is 35.5. The second-order valence-corrected chi connectivity index (χ2v) is 3.99. The summed E-state index contributed by atoms with van der Waals surface area (Å²) < 4.78 is 23.2. The predicted octanol–water partition coefficient (Wildman–Crippen LogP) is 1.76. The van der Waals surface area contributed by atoms with Crippen molar-refractivity contribution in [2.45, 2.75) is 6.54 Å². The van der Waals surface area contributed by atoms with Crippen molar-refractivity contribution in [3.8, 4) is 0 Å². The SMILES string of the molecule is COCCOCC(=O)NCc1ccc(Cl)cc1F. The molecule has 1 aromatic rings. The molecule has 0 aliphatic rings. The number of hydrogen-bond donors (Lipinski definition) is 1. The molecule has 1 amide bonds. The van der Waals surface area contributed by atoms with Crippen LogP contribution in [0, 0.1) is 5.82 Å². The third-order valence-electron chi connectivity index (χ3n) is 2.16. The number of methoxy groups -OCH3 is 1. The van der Waals surface area contributed by atoms with E-state index in [1.807, 2.05) is 0 Å². The molecule has 0 saturated carbocycles. The first-order valence-corrected chi connectivity index (χ1v) is 5.78. The molecule has 6 heteroatoms. The summed E-state index contributed by atoms with van der Waals surface area (Å²) in [7, 11) is 1.55. The third kappa shape index (κ3) is 5.44. The van der Waals surface area contributed by atoms with Crippen molar-refractivity contribution < 1.29 is 18.7 Å². The van der Waals surface area contributed by atoms with Crippen molar-refractivity contribution >= 4 is 17.5 Å². The fourth-order valence-electron chi connectivity index (χ4n) is 1.22. The maximum absolute atomic E-state index is 13.4. The van der Waals surface area contributed by atoms with E-state index in [-0.39, 0.29) is 19.1 Å². The lowest BCUT2D eigenvalue weighted by molar-refractivity contribution is -0.126. The Kier molecular flexibility index (Phi) is 6.64. The molecule has 0 aliphatic carbocycles. The molecule has 0 heterocycles. The molecule has 0 bridgehead atoms. The van der Waals surface area contributed by atoms with Crippen LogP contribution in [0.5, 0.6) is 0 Å². The van der Waals surface area contributed by atoms with Gasteiger partial charge in [-0.05, 0) is 12.1 Å². The van der Waals surface area contributed by atoms with Gasteiger partial charge in [0.05, 0.1) is 13.2 Å². The van der Waals surface area contributed by atoms with Crippen LogP contribution in [0.4, 0.5) is 4.39 Å². The first kappa shape index (κ1) is 14.9. The second-order valence-electron chi connectivity index (χ2n) is 3.56. The molecular formula is C12H15ClFNO3. The Labute approximate surface area is 110 Å². The molecular weight excluding hydrogens is 261 g/mol. The highest BCUT2D eigenvalue weighted by Crippen LogP contribution is 2.14. The van der Waals surface area contributed by atoms with Crippen LogP contribution < -0.4 is 5.32 Å². The lowest BCUT2D eigenvalue weighted by Gasteiger charge is -2.07. The van der Waals surface area contributed by atoms with Gasteiger partial charge in [0.2, 0.25) is 5.91 Å². The summed E-state index contributed by atoms with van der Waals surface area (Å²) in [6.07, 6.45) is 0. The average molecular weight is 276 g/mol. The number of amides is 1. The van der Waals surface area contributed by atoms with Crippen molar-refractivity contribution in [2.24, 2.45) is 0 Å². The van der Waals surface area contributed by atoms with Crippen molar-refractivity contribution in [2.75, 3.05) is 26.9 Å². The standard InChI is InChI=1S/C12H15ClFNO3/c1-17-4-5-18-8-12(16)15-7-9-2-3-10(13)6-11(9)14/h2-3,6H,4-5,7-8H2,1H3,(H,15,16). The van der Waals surface area contributed by atoms with Gasteiger partial charge in [-0.25, -0.2) is 4.39 Å². The van der Waals surface area contributed by atoms with E-state index in [9.17, 15) is 9.18 Å². The largest absolute Gasteiger partial charge is 0.382 e. The highest BCUT2D eigenvalue weighted by molar-refractivity contribution is 6.30. The van der Waals surface area contributed by atoms with E-state index in [1.54, 1.807) is 13.2 Å². The van der Waals surface area contributed by atoms with E-state index in [1.165, 1.54) is 12.1 Å². The normalized spacial score (nSPS) is 10.4. The maximum atomic E-state index is 13.4. The number of ether oxygens (including phenoxy) is 2. The van der Waals surface area contributed by atoms with Crippen LogP contribution >= 0.6 is 11.6 Å². The molecule has 0 aliphatic heterocycles. The zero-order chi connectivity index (χ0) is 13.4. The molecule has 0 fully saturated rings. The van der Waals surface area contributed by atoms with Crippen LogP contribution in [-0.2, 0) is 20.8 Å². The fourth-order valence-corrected chi connectivity index (χ4v) is 1.38. The van der Waals surface area contributed by atoms with Gasteiger partial charge >= 0.3 is 0 Å². The predicted molar refractivity (Wildman–Crippen MR) is 66.0 cm³/mol. The monoisotopic (exact) mass is 275 g/mol. The number of nitrogens with one attached hydrogen (secondary N) is 1. The Bertz CT molecular complexity index is 401. The van der Waals surface area contributed by atoms with Gasteiger partial charge in [-0.2, -0.15) is 0 Å². The second kappa shape index (κ2) is 8.02. The van der Waals surface area contributed by atoms with Crippen molar-refractivity contribution in [1.82, 2.24) is 5.32 Å². The van der Waals surface area contributed by atoms with Crippen LogP contribution in [0.3, 0.4) is 0 Å². The van der Waals surface area contributed by atoms with E-state index in [0.29, 0.717) is 23.8 Å². The first-order valence-electron chi connectivity index (χ1n) is 5.41. The van der Waals surface area contributed by atoms with Crippen LogP contribution in [0.25, 0.3) is 0 Å². The number of halogens is 2. The molecule has 1 rings (SSSR count). The summed E-state index contributed by atoms with van der Waals surface area (Å²) in [5.41, 5.74) is 0.379. The van der Waals surface area contributed by atoms with Crippen molar-refractivity contribution in [3.05, 3.63) is 34.6 Å². The minimum absolute atomic E-state index is 0.0709. The molecule has 1 N–H and O–H groups in total. The van der Waals surface area contributed by atoms with E-state index in [0.717, 1.165) is 0 Å². The molecule has 1 aromatic carbocycles. The van der Waals surface area contributed by atoms with E-state index in [2.05, 4.69) is 5.32 Å². The number of hydrogen-bond acceptors (Lipinski definition) is 3. The van der Waals surface area contributed by atoms with Crippen LogP contribution in [-0.4, -0.2) is 32.8 Å². The van der Waals surface area contributed by atoms with E-state index in [4.69, 9.17) is 21.1 Å². The highest BCUT2D eigenvalue weighted by Gasteiger charge is 2.05. The zero-order valence-electron chi connectivity index (χ0n) is 10.0. The molecule has 0 spiro atoms. The van der Waals surface area contributed by atoms with E-state index >= 15 is 0 Å². The minimum atomic E-state index is -0.442. The maximum Gasteiger partial charge on any atom is 0.246 e. The Hall–Kier alpha value is -1.17. The molecule has 100 valence electrons. The van der Waals surface area contributed by atoms with Crippen molar-refractivity contribution in [3.63, 3.8) is 0 Å². The summed E-state index contributed by atoms with van der Waals surface area (Å²) in [6.45, 7) is 0.812. The zero-order valence-corrected chi connectivity index (χ0v) is 10.8. The van der Waals surface area contributed by atoms with Gasteiger partial charge in [-0.3, -0.25) is 4.79 Å². The van der Waals surface area contributed by atoms with Gasteiger partial charge in [0.1, 0.15) is 12.4 Å². The Balaban J connectivity index is 2.29. The van der Waals surface area contributed by atoms with Gasteiger partial charge in [-0.1, -0.05) is 17.7 Å². The van der Waals surface area contributed by atoms with Gasteiger partial charge in [0.15, 0.2) is 0 Å². The minimum Gasteiger partial charge on any atom is -0.382 e. The number of carbonyl (C=O) groups is 1. The van der Waals surface area contributed by atoms with Crippen molar-refractivity contribution in [1.29, 1.82) is 0 Å². The van der Waals surface area contributed by atoms with Gasteiger partial charge in [-0.15, -0.1) is 0 Å². The fraction of sp³-hybridized carbons (Fsp3) is 0.417. The summed E-state index contributed by atoms with van der Waals surface area (Å²) in [5, 5.41) is 2.87. The lowest BCUT2D eigenvalue weighted by Crippen LogP contribution is -2.28. The summed E-state index contributed by atoms with van der Waals surface area (Å²) in [5.74, 6) is -0.747. The quantitative estimate of drug-likeness (QED) is 0.772. The first-order chi connectivity index (χ1) is 8.63. The van der Waals surface area contributed by atoms with Crippen LogP contribution in [0.1, 0.15) is 5.56 Å². The number of benzene rings is 1. The molecule has 18 heavy (non-hydrogen) atoms. The third-order valence-corrected chi connectivity index (χ3v) is 2.39. The Morgan fingerprint density at radius 3 is 2.89 bits per heavy atom. The van der Waals surface area contributed by atoms with Gasteiger partial charge in [0, 0.05) is 24.2 Å². The molecule has 0 saturated heterocycles. The molecule has 4 nitrogen and oxygen atoms in total. The molecule has 0 atom stereocenters. The molecule has 0 radical (unpaired) electrons. The average Bonchev–Trinajstić information content (AvgIpc) is 2.33. The molecule has 0 aromatic heterocycles. The smallest absolute Gasteiger partial charge is 0.246 e. The molecule has 0 unspecified atom stereocenters. The summed E-state index contributed by atoms with van der Waals surface area (Å²) in [6, 6.07) is 4.31. The van der Waals surface area contributed by atoms with Crippen LogP contribution in [0.2, 0.25) is 5.02 Å². The van der Waals surface area contributed by atoms with Gasteiger partial charge < -0.3 is 14.8 Å². The van der Waals surface area contributed by atoms with Crippen LogP contribution in [0.15, 0.2) is 18.2 Å². The summed E-state index contributed by atoms with van der Waals surface area (Å²) >= 11 is 5.62. The lowest BCUT2D eigenvalue weighted by atomic mass is 10.2. The number of carbonyl (C=O) groups excluding carboxylic acids is 1. The Morgan fingerprint density at radius 2 is 2.22 bits per heavy atom. The topological polar surface area (TPSA) is 47.6 Å². The van der Waals surface area contributed by atoms with Gasteiger partial charge in [0.25, 0.3) is 0 Å². The Morgan fingerprint density at radius 1 is 1.44 bits per heavy atom.